The van der Waals surface area contributed by atoms with Gasteiger partial charge in [0, 0.05) is 6.61 Å². The molecule has 2 atom stereocenters. The Bertz CT molecular complexity index is 89.0. The van der Waals surface area contributed by atoms with E-state index in [0.717, 1.165) is 0 Å². The van der Waals surface area contributed by atoms with Gasteiger partial charge >= 0.3 is 0 Å². The Morgan fingerprint density at radius 1 is 0.846 bits per heavy atom. The molecular formula is C7H18O6. The average molecular weight is 198 g/mol. The summed E-state index contributed by atoms with van der Waals surface area (Å²) in [6, 6.07) is 0. The molecule has 0 heterocycles. The van der Waals surface area contributed by atoms with Crippen molar-refractivity contribution >= 4 is 0 Å². The van der Waals surface area contributed by atoms with Gasteiger partial charge in [-0.25, -0.2) is 0 Å². The molecule has 0 fully saturated rings. The van der Waals surface area contributed by atoms with Crippen LogP contribution in [0.15, 0.2) is 0 Å². The first-order chi connectivity index (χ1) is 6.04. The third kappa shape index (κ3) is 8.10. The van der Waals surface area contributed by atoms with Crippen LogP contribution in [-0.2, 0) is 0 Å². The Kier molecular flexibility index (Phi) is 11.5. The van der Waals surface area contributed by atoms with E-state index in [1.807, 2.05) is 0 Å². The number of aliphatic hydroxyl groups is 6. The van der Waals surface area contributed by atoms with Crippen LogP contribution in [0, 0.1) is 0 Å². The van der Waals surface area contributed by atoms with Crippen molar-refractivity contribution in [3.05, 3.63) is 0 Å². The Hall–Kier alpha value is -0.240. The molecule has 0 rings (SSSR count). The summed E-state index contributed by atoms with van der Waals surface area (Å²) in [6.07, 6.45) is -4.29. The van der Waals surface area contributed by atoms with E-state index in [9.17, 15) is 0 Å². The monoisotopic (exact) mass is 198 g/mol. The topological polar surface area (TPSA) is 121 Å². The van der Waals surface area contributed by atoms with Gasteiger partial charge in [-0.05, 0) is 6.92 Å². The summed E-state index contributed by atoms with van der Waals surface area (Å²) in [4.78, 5) is 0. The first-order valence-corrected chi connectivity index (χ1v) is 3.91. The van der Waals surface area contributed by atoms with Gasteiger partial charge in [0.15, 0.2) is 0 Å². The molecule has 13 heavy (non-hydrogen) atoms. The molecule has 0 radical (unpaired) electrons. The minimum Gasteiger partial charge on any atom is -0.397 e. The molecule has 82 valence electrons. The summed E-state index contributed by atoms with van der Waals surface area (Å²) in [7, 11) is 0. The van der Waals surface area contributed by atoms with Crippen molar-refractivity contribution < 1.29 is 30.6 Å². The highest BCUT2D eigenvalue weighted by Crippen LogP contribution is 1.97. The lowest BCUT2D eigenvalue weighted by Gasteiger charge is -2.19. The van der Waals surface area contributed by atoms with Gasteiger partial charge in [0.25, 0.3) is 0 Å². The van der Waals surface area contributed by atoms with Crippen molar-refractivity contribution in [2.24, 2.45) is 0 Å². The molecule has 0 aromatic rings. The summed E-state index contributed by atoms with van der Waals surface area (Å²) < 4.78 is 0. The van der Waals surface area contributed by atoms with Gasteiger partial charge in [0.2, 0.25) is 0 Å². The lowest BCUT2D eigenvalue weighted by molar-refractivity contribution is -0.0900. The van der Waals surface area contributed by atoms with Crippen LogP contribution in [0.1, 0.15) is 6.92 Å². The lowest BCUT2D eigenvalue weighted by Crippen LogP contribution is -2.41. The van der Waals surface area contributed by atoms with E-state index in [2.05, 4.69) is 0 Å². The van der Waals surface area contributed by atoms with Crippen molar-refractivity contribution in [3.63, 3.8) is 0 Å². The van der Waals surface area contributed by atoms with E-state index in [1.54, 1.807) is 6.92 Å². The molecule has 0 bridgehead atoms. The van der Waals surface area contributed by atoms with Crippen molar-refractivity contribution in [2.45, 2.75) is 25.2 Å². The van der Waals surface area contributed by atoms with Gasteiger partial charge in [0.1, 0.15) is 18.3 Å². The maximum atomic E-state index is 8.77. The smallest absolute Gasteiger partial charge is 0.110 e. The third-order valence-corrected chi connectivity index (χ3v) is 1.16. The number of aliphatic hydroxyl groups excluding tert-OH is 6. The predicted octanol–water partition coefficient (Wildman–Crippen LogP) is -2.95. The van der Waals surface area contributed by atoms with Crippen LogP contribution in [0.4, 0.5) is 0 Å². The van der Waals surface area contributed by atoms with E-state index < -0.39 is 31.5 Å². The number of rotatable bonds is 4. The van der Waals surface area contributed by atoms with Crippen LogP contribution in [0.25, 0.3) is 0 Å². The Morgan fingerprint density at radius 3 is 1.23 bits per heavy atom. The van der Waals surface area contributed by atoms with Gasteiger partial charge in [-0.15, -0.1) is 0 Å². The third-order valence-electron chi connectivity index (χ3n) is 1.16. The van der Waals surface area contributed by atoms with Crippen LogP contribution in [-0.4, -0.2) is 68.8 Å². The molecule has 0 aromatic heterocycles. The zero-order valence-corrected chi connectivity index (χ0v) is 7.54. The van der Waals surface area contributed by atoms with Crippen molar-refractivity contribution in [1.29, 1.82) is 0 Å². The van der Waals surface area contributed by atoms with E-state index in [0.29, 0.717) is 0 Å². The maximum Gasteiger partial charge on any atom is 0.110 e. The van der Waals surface area contributed by atoms with Gasteiger partial charge in [0.05, 0.1) is 13.2 Å². The molecule has 2 unspecified atom stereocenters. The fraction of sp³-hybridized carbons (Fsp3) is 1.00. The molecule has 0 aliphatic heterocycles. The highest BCUT2D eigenvalue weighted by Gasteiger charge is 2.22. The molecule has 0 aromatic carbocycles. The predicted molar refractivity (Wildman–Crippen MR) is 45.0 cm³/mol. The van der Waals surface area contributed by atoms with Crippen molar-refractivity contribution in [2.75, 3.05) is 19.8 Å². The molecular weight excluding hydrogens is 180 g/mol. The lowest BCUT2D eigenvalue weighted by atomic mass is 10.1. The number of hydrogen-bond donors (Lipinski definition) is 6. The van der Waals surface area contributed by atoms with Gasteiger partial charge < -0.3 is 30.6 Å². The number of hydrogen-bond acceptors (Lipinski definition) is 6. The SMILES string of the molecule is CCO.OCC(O)C(O)C(O)CO. The molecule has 6 heteroatoms. The summed E-state index contributed by atoms with van der Waals surface area (Å²) >= 11 is 0. The largest absolute Gasteiger partial charge is 0.397 e. The summed E-state index contributed by atoms with van der Waals surface area (Å²) in [5.74, 6) is 0. The van der Waals surface area contributed by atoms with E-state index in [-0.39, 0.29) is 6.61 Å². The molecule has 0 spiro atoms. The maximum absolute atomic E-state index is 8.77. The summed E-state index contributed by atoms with van der Waals surface area (Å²) in [6.45, 7) is 0.649. The standard InChI is InChI=1S/C5H12O5.C2H6O/c6-1-3(8)5(10)4(9)2-7;1-2-3/h3-10H,1-2H2;3H,2H2,1H3. The molecule has 0 aliphatic rings. The van der Waals surface area contributed by atoms with Crippen LogP contribution in [0.5, 0.6) is 0 Å². The van der Waals surface area contributed by atoms with Gasteiger partial charge in [-0.3, -0.25) is 0 Å². The van der Waals surface area contributed by atoms with Crippen molar-refractivity contribution in [1.82, 2.24) is 0 Å². The van der Waals surface area contributed by atoms with Crippen LogP contribution in [0.2, 0.25) is 0 Å². The second-order valence-electron chi connectivity index (χ2n) is 2.31. The van der Waals surface area contributed by atoms with Gasteiger partial charge in [-0.2, -0.15) is 0 Å². The molecule has 0 saturated carbocycles. The Labute approximate surface area is 76.7 Å². The first kappa shape index (κ1) is 15.2. The average Bonchev–Trinajstić information content (AvgIpc) is 2.15. The molecule has 0 aliphatic carbocycles. The second kappa shape index (κ2) is 9.85. The van der Waals surface area contributed by atoms with Crippen molar-refractivity contribution in [3.8, 4) is 0 Å². The van der Waals surface area contributed by atoms with Crippen LogP contribution in [0.3, 0.4) is 0 Å². The zero-order valence-electron chi connectivity index (χ0n) is 7.54. The Balaban J connectivity index is 0. The fourth-order valence-corrected chi connectivity index (χ4v) is 0.472. The molecule has 0 amide bonds. The normalized spacial score (nSPS) is 16.8. The zero-order chi connectivity index (χ0) is 10.9. The van der Waals surface area contributed by atoms with E-state index >= 15 is 0 Å². The quantitative estimate of drug-likeness (QED) is 0.287. The Morgan fingerprint density at radius 2 is 1.08 bits per heavy atom. The minimum absolute atomic E-state index is 0.250. The van der Waals surface area contributed by atoms with Crippen LogP contribution < -0.4 is 0 Å². The minimum atomic E-state index is -1.49. The second-order valence-corrected chi connectivity index (χ2v) is 2.31. The fourth-order valence-electron chi connectivity index (χ4n) is 0.472. The molecule has 6 N–H and O–H groups in total. The van der Waals surface area contributed by atoms with Gasteiger partial charge in [-0.1, -0.05) is 0 Å². The molecule has 0 saturated heterocycles. The van der Waals surface area contributed by atoms with Crippen LogP contribution >= 0.6 is 0 Å². The highest BCUT2D eigenvalue weighted by atomic mass is 16.4. The van der Waals surface area contributed by atoms with E-state index in [4.69, 9.17) is 30.6 Å². The molecule has 6 nitrogen and oxygen atoms in total. The highest BCUT2D eigenvalue weighted by molar-refractivity contribution is 4.73. The summed E-state index contributed by atoms with van der Waals surface area (Å²) in [5, 5.41) is 50.1. The van der Waals surface area contributed by atoms with E-state index in [1.165, 1.54) is 0 Å². The summed E-state index contributed by atoms with van der Waals surface area (Å²) in [5.41, 5.74) is 0. The first-order valence-electron chi connectivity index (χ1n) is 3.91.